The topological polar surface area (TPSA) is 69.9 Å². The Labute approximate surface area is 228 Å². The fourth-order valence-electron chi connectivity index (χ4n) is 4.47. The molecule has 5 rings (SSSR count). The summed E-state index contributed by atoms with van der Waals surface area (Å²) in [6.45, 7) is 1.98. The zero-order valence-electron chi connectivity index (χ0n) is 21.2. The van der Waals surface area contributed by atoms with Gasteiger partial charge in [-0.15, -0.1) is 11.8 Å². The highest BCUT2D eigenvalue weighted by molar-refractivity contribution is 7.98. The number of fused-ring (bicyclic) bond motifs is 1. The van der Waals surface area contributed by atoms with Crippen LogP contribution in [-0.4, -0.2) is 30.5 Å². The molecule has 1 aromatic heterocycles. The summed E-state index contributed by atoms with van der Waals surface area (Å²) in [4.78, 5) is 33.9. The Balaban J connectivity index is 1.83. The Morgan fingerprint density at radius 2 is 1.76 bits per heavy atom. The molecular formula is C30H26N2O4S2. The SMILES string of the molecule is CCOC(=O)C1=C(c2ccccc2)N=c2s/c(=C/c3ccccc3OC)c(=O)n2[C@@H]1c1ccc(SC)cc1. The van der Waals surface area contributed by atoms with Crippen molar-refractivity contribution < 1.29 is 14.3 Å². The lowest BCUT2D eigenvalue weighted by Gasteiger charge is -2.26. The number of carbonyl (C=O) groups excluding carboxylic acids is 1. The molecule has 8 heteroatoms. The molecule has 0 amide bonds. The van der Waals surface area contributed by atoms with Gasteiger partial charge >= 0.3 is 5.97 Å². The van der Waals surface area contributed by atoms with Crippen molar-refractivity contribution in [1.29, 1.82) is 0 Å². The molecule has 0 N–H and O–H groups in total. The Hall–Kier alpha value is -3.88. The number of carbonyl (C=O) groups is 1. The van der Waals surface area contributed by atoms with E-state index in [4.69, 9.17) is 14.5 Å². The van der Waals surface area contributed by atoms with Crippen molar-refractivity contribution in [3.05, 3.63) is 121 Å². The minimum atomic E-state index is -0.698. The number of esters is 1. The maximum absolute atomic E-state index is 14.0. The zero-order valence-corrected chi connectivity index (χ0v) is 22.8. The molecule has 1 aliphatic heterocycles. The molecule has 38 heavy (non-hydrogen) atoms. The molecular weight excluding hydrogens is 516 g/mol. The first-order valence-electron chi connectivity index (χ1n) is 12.1. The number of methoxy groups -OCH3 is 1. The summed E-state index contributed by atoms with van der Waals surface area (Å²) < 4.78 is 13.1. The Kier molecular flexibility index (Phi) is 7.62. The van der Waals surface area contributed by atoms with E-state index < -0.39 is 12.0 Å². The molecule has 3 aromatic carbocycles. The van der Waals surface area contributed by atoms with Crippen molar-refractivity contribution in [1.82, 2.24) is 4.57 Å². The van der Waals surface area contributed by atoms with Crippen molar-refractivity contribution in [3.8, 4) is 5.75 Å². The molecule has 0 spiro atoms. The highest BCUT2D eigenvalue weighted by Crippen LogP contribution is 2.35. The van der Waals surface area contributed by atoms with Gasteiger partial charge in [0.05, 0.1) is 35.6 Å². The number of nitrogens with zero attached hydrogens (tertiary/aromatic N) is 2. The summed E-state index contributed by atoms with van der Waals surface area (Å²) in [5.41, 5.74) is 2.99. The van der Waals surface area contributed by atoms with Gasteiger partial charge in [-0.25, -0.2) is 9.79 Å². The van der Waals surface area contributed by atoms with Crippen molar-refractivity contribution in [2.75, 3.05) is 20.0 Å². The standard InChI is InChI=1S/C30H26N2O4S2/c1-4-36-29(34)25-26(19-10-6-5-7-11-19)31-30-32(27(25)20-14-16-22(37-3)17-15-20)28(33)24(38-30)18-21-12-8-9-13-23(21)35-2/h5-18,27H,4H2,1-3H3/b24-18+/t27-/m1/s1. The predicted molar refractivity (Wildman–Crippen MR) is 152 cm³/mol. The number of hydrogen-bond acceptors (Lipinski definition) is 7. The van der Waals surface area contributed by atoms with E-state index in [2.05, 4.69) is 0 Å². The maximum Gasteiger partial charge on any atom is 0.338 e. The first-order valence-corrected chi connectivity index (χ1v) is 14.1. The summed E-state index contributed by atoms with van der Waals surface area (Å²) in [7, 11) is 1.60. The highest BCUT2D eigenvalue weighted by Gasteiger charge is 2.35. The van der Waals surface area contributed by atoms with Crippen LogP contribution in [0.15, 0.2) is 99.1 Å². The van der Waals surface area contributed by atoms with Gasteiger partial charge in [-0.2, -0.15) is 0 Å². The average molecular weight is 543 g/mol. The van der Waals surface area contributed by atoms with Crippen LogP contribution in [0, 0.1) is 0 Å². The molecule has 0 radical (unpaired) electrons. The van der Waals surface area contributed by atoms with Gasteiger partial charge in [0.2, 0.25) is 0 Å². The van der Waals surface area contributed by atoms with Crippen LogP contribution in [0.4, 0.5) is 0 Å². The lowest BCUT2D eigenvalue weighted by Crippen LogP contribution is -2.40. The molecule has 6 nitrogen and oxygen atoms in total. The number of thiazole rings is 1. The van der Waals surface area contributed by atoms with Crippen LogP contribution in [0.5, 0.6) is 5.75 Å². The van der Waals surface area contributed by atoms with Crippen LogP contribution in [0.3, 0.4) is 0 Å². The number of ether oxygens (including phenoxy) is 2. The Bertz CT molecular complexity index is 1690. The second-order valence-corrected chi connectivity index (χ2v) is 10.3. The summed E-state index contributed by atoms with van der Waals surface area (Å²) in [6.07, 6.45) is 3.82. The quantitative estimate of drug-likeness (QED) is 0.251. The van der Waals surface area contributed by atoms with E-state index in [1.165, 1.54) is 11.3 Å². The van der Waals surface area contributed by atoms with Gasteiger partial charge in [0.15, 0.2) is 4.80 Å². The third-order valence-corrected chi connectivity index (χ3v) is 7.96. The number of hydrogen-bond donors (Lipinski definition) is 0. The van der Waals surface area contributed by atoms with Crippen LogP contribution in [0.1, 0.15) is 29.7 Å². The smallest absolute Gasteiger partial charge is 0.338 e. The van der Waals surface area contributed by atoms with Gasteiger partial charge in [-0.05, 0) is 43.0 Å². The molecule has 1 atom stereocenters. The second-order valence-electron chi connectivity index (χ2n) is 8.45. The molecule has 0 bridgehead atoms. The molecule has 192 valence electrons. The van der Waals surface area contributed by atoms with Gasteiger partial charge in [-0.3, -0.25) is 9.36 Å². The Morgan fingerprint density at radius 3 is 2.45 bits per heavy atom. The molecule has 2 heterocycles. The first-order chi connectivity index (χ1) is 18.5. The van der Waals surface area contributed by atoms with E-state index in [1.807, 2.05) is 91.2 Å². The van der Waals surface area contributed by atoms with Gasteiger partial charge in [0.25, 0.3) is 5.56 Å². The van der Waals surface area contributed by atoms with Gasteiger partial charge in [0, 0.05) is 16.0 Å². The third kappa shape index (κ3) is 4.85. The number of thioether (sulfide) groups is 1. The number of rotatable bonds is 7. The van der Waals surface area contributed by atoms with Crippen LogP contribution in [0.25, 0.3) is 11.8 Å². The van der Waals surface area contributed by atoms with E-state index in [0.29, 0.717) is 26.4 Å². The van der Waals surface area contributed by atoms with E-state index in [-0.39, 0.29) is 12.2 Å². The highest BCUT2D eigenvalue weighted by atomic mass is 32.2. The van der Waals surface area contributed by atoms with Crippen molar-refractivity contribution in [3.63, 3.8) is 0 Å². The Morgan fingerprint density at radius 1 is 1.05 bits per heavy atom. The third-order valence-electron chi connectivity index (χ3n) is 6.23. The van der Waals surface area contributed by atoms with Crippen molar-refractivity contribution in [2.45, 2.75) is 17.9 Å². The van der Waals surface area contributed by atoms with E-state index >= 15 is 0 Å². The van der Waals surface area contributed by atoms with Crippen LogP contribution in [-0.2, 0) is 9.53 Å². The zero-order chi connectivity index (χ0) is 26.6. The summed E-state index contributed by atoms with van der Waals surface area (Å²) in [5.74, 6) is 0.174. The van der Waals surface area contributed by atoms with Crippen molar-refractivity contribution >= 4 is 40.8 Å². The second kappa shape index (κ2) is 11.2. The minimum absolute atomic E-state index is 0.209. The number of para-hydroxylation sites is 1. The fraction of sp³-hybridized carbons (Fsp3) is 0.167. The average Bonchev–Trinajstić information content (AvgIpc) is 3.27. The van der Waals surface area contributed by atoms with E-state index in [9.17, 15) is 9.59 Å². The largest absolute Gasteiger partial charge is 0.496 e. The van der Waals surface area contributed by atoms with Crippen molar-refractivity contribution in [2.24, 2.45) is 4.99 Å². The summed E-state index contributed by atoms with van der Waals surface area (Å²) >= 11 is 2.92. The van der Waals surface area contributed by atoms with Gasteiger partial charge in [0.1, 0.15) is 5.75 Å². The molecule has 0 fully saturated rings. The van der Waals surface area contributed by atoms with Crippen LogP contribution >= 0.6 is 23.1 Å². The maximum atomic E-state index is 14.0. The molecule has 0 unspecified atom stereocenters. The molecule has 0 saturated carbocycles. The molecule has 4 aromatic rings. The molecule has 0 saturated heterocycles. The fourth-order valence-corrected chi connectivity index (χ4v) is 5.87. The molecule has 0 aliphatic carbocycles. The van der Waals surface area contributed by atoms with Crippen LogP contribution in [0.2, 0.25) is 0 Å². The summed E-state index contributed by atoms with van der Waals surface area (Å²) in [6, 6.07) is 24.3. The first kappa shape index (κ1) is 25.8. The predicted octanol–water partition coefficient (Wildman–Crippen LogP) is 4.67. The normalized spacial score (nSPS) is 15.1. The van der Waals surface area contributed by atoms with Gasteiger partial charge < -0.3 is 9.47 Å². The number of aromatic nitrogens is 1. The van der Waals surface area contributed by atoms with Crippen LogP contribution < -0.4 is 19.6 Å². The minimum Gasteiger partial charge on any atom is -0.496 e. The lowest BCUT2D eigenvalue weighted by molar-refractivity contribution is -0.138. The number of benzene rings is 3. The lowest BCUT2D eigenvalue weighted by atomic mass is 9.93. The monoisotopic (exact) mass is 542 g/mol. The van der Waals surface area contributed by atoms with E-state index in [1.54, 1.807) is 30.4 Å². The van der Waals surface area contributed by atoms with E-state index in [0.717, 1.165) is 21.6 Å². The molecule has 1 aliphatic rings. The van der Waals surface area contributed by atoms with Gasteiger partial charge in [-0.1, -0.05) is 72.0 Å². The summed E-state index contributed by atoms with van der Waals surface area (Å²) in [5, 5.41) is 0.